The SMILES string of the molecule is O=C(O)CC(NC(=O)CNC(=O)c1ccc(Cl)c(NC2=NCCCCC2)c1)c1cccnc1. The number of nitrogens with zero attached hydrogens (tertiary/aromatic N) is 2. The van der Waals surface area contributed by atoms with E-state index in [-0.39, 0.29) is 13.0 Å². The first kappa shape index (κ1) is 24.2. The van der Waals surface area contributed by atoms with Crippen molar-refractivity contribution in [1.29, 1.82) is 0 Å². The monoisotopic (exact) mass is 471 g/mol. The first-order valence-electron chi connectivity index (χ1n) is 10.7. The summed E-state index contributed by atoms with van der Waals surface area (Å²) in [7, 11) is 0. The Morgan fingerprint density at radius 1 is 1.15 bits per heavy atom. The van der Waals surface area contributed by atoms with Crippen molar-refractivity contribution in [3.8, 4) is 0 Å². The second-order valence-corrected chi connectivity index (χ2v) is 8.05. The molecule has 0 saturated carbocycles. The Kier molecular flexibility index (Phi) is 8.77. The van der Waals surface area contributed by atoms with Gasteiger partial charge in [0.1, 0.15) is 5.84 Å². The van der Waals surface area contributed by atoms with E-state index in [1.807, 2.05) is 0 Å². The number of aromatic nitrogens is 1. The van der Waals surface area contributed by atoms with Gasteiger partial charge in [0.2, 0.25) is 5.91 Å². The van der Waals surface area contributed by atoms with E-state index < -0.39 is 23.8 Å². The zero-order valence-electron chi connectivity index (χ0n) is 18.0. The predicted octanol–water partition coefficient (Wildman–Crippen LogP) is 3.18. The van der Waals surface area contributed by atoms with Crippen molar-refractivity contribution < 1.29 is 19.5 Å². The molecule has 2 heterocycles. The maximum absolute atomic E-state index is 12.6. The summed E-state index contributed by atoms with van der Waals surface area (Å²) < 4.78 is 0. The Bertz CT molecular complexity index is 1030. The Labute approximate surface area is 196 Å². The van der Waals surface area contributed by atoms with E-state index in [1.54, 1.807) is 36.5 Å². The van der Waals surface area contributed by atoms with E-state index in [1.165, 1.54) is 6.20 Å². The number of halogens is 1. The van der Waals surface area contributed by atoms with Gasteiger partial charge in [0.15, 0.2) is 0 Å². The minimum absolute atomic E-state index is 0.304. The van der Waals surface area contributed by atoms with Crippen LogP contribution in [0.4, 0.5) is 5.69 Å². The zero-order valence-corrected chi connectivity index (χ0v) is 18.8. The number of benzene rings is 1. The lowest BCUT2D eigenvalue weighted by Gasteiger charge is -2.17. The number of carbonyl (C=O) groups excluding carboxylic acids is 2. The van der Waals surface area contributed by atoms with Crippen LogP contribution in [-0.4, -0.2) is 46.8 Å². The van der Waals surface area contributed by atoms with Gasteiger partial charge in [-0.05, 0) is 42.7 Å². The third-order valence-corrected chi connectivity index (χ3v) is 5.42. The molecule has 0 saturated heterocycles. The van der Waals surface area contributed by atoms with Crippen molar-refractivity contribution in [2.45, 2.75) is 38.1 Å². The number of carboxylic acids is 1. The van der Waals surface area contributed by atoms with Gasteiger partial charge in [0.05, 0.1) is 29.7 Å². The number of aliphatic carboxylic acids is 1. The fourth-order valence-corrected chi connectivity index (χ4v) is 3.58. The number of amides is 2. The molecule has 1 aliphatic rings. The minimum atomic E-state index is -1.06. The van der Waals surface area contributed by atoms with Crippen LogP contribution in [0.3, 0.4) is 0 Å². The van der Waals surface area contributed by atoms with Gasteiger partial charge in [0, 0.05) is 30.9 Å². The van der Waals surface area contributed by atoms with E-state index in [9.17, 15) is 14.4 Å². The van der Waals surface area contributed by atoms with Crippen LogP contribution in [0, 0.1) is 0 Å². The van der Waals surface area contributed by atoms with Crippen molar-refractivity contribution in [2.24, 2.45) is 4.99 Å². The molecule has 0 bridgehead atoms. The highest BCUT2D eigenvalue weighted by atomic mass is 35.5. The summed E-state index contributed by atoms with van der Waals surface area (Å²) in [5.41, 5.74) is 1.47. The lowest BCUT2D eigenvalue weighted by atomic mass is 10.1. The highest BCUT2D eigenvalue weighted by molar-refractivity contribution is 6.34. The van der Waals surface area contributed by atoms with E-state index in [0.29, 0.717) is 21.8 Å². The molecule has 0 aliphatic carbocycles. The van der Waals surface area contributed by atoms with Gasteiger partial charge < -0.3 is 21.1 Å². The molecule has 33 heavy (non-hydrogen) atoms. The third-order valence-electron chi connectivity index (χ3n) is 5.09. The largest absolute Gasteiger partial charge is 0.481 e. The topological polar surface area (TPSA) is 133 Å². The molecule has 1 aliphatic heterocycles. The van der Waals surface area contributed by atoms with Gasteiger partial charge in [-0.15, -0.1) is 0 Å². The standard InChI is InChI=1S/C23H26ClN5O4/c24-17-8-7-15(11-19(17)28-20-6-2-1-3-10-26-20)23(33)27-14-21(30)29-18(12-22(31)32)16-5-4-9-25-13-16/h4-5,7-9,11,13,18H,1-3,6,10,12,14H2,(H,26,28)(H,27,33)(H,29,30)(H,31,32). The van der Waals surface area contributed by atoms with Crippen LogP contribution in [0.15, 0.2) is 47.7 Å². The number of rotatable bonds is 8. The van der Waals surface area contributed by atoms with E-state index in [4.69, 9.17) is 16.7 Å². The van der Waals surface area contributed by atoms with E-state index in [0.717, 1.165) is 38.1 Å². The first-order valence-corrected chi connectivity index (χ1v) is 11.1. The van der Waals surface area contributed by atoms with Crippen LogP contribution in [0.1, 0.15) is 54.1 Å². The number of amidine groups is 1. The fraction of sp³-hybridized carbons (Fsp3) is 0.348. The average molecular weight is 472 g/mol. The molecule has 9 nitrogen and oxygen atoms in total. The van der Waals surface area contributed by atoms with Crippen molar-refractivity contribution in [3.05, 3.63) is 58.9 Å². The molecule has 2 amide bonds. The predicted molar refractivity (Wildman–Crippen MR) is 126 cm³/mol. The summed E-state index contributed by atoms with van der Waals surface area (Å²) in [6, 6.07) is 7.38. The lowest BCUT2D eigenvalue weighted by Crippen LogP contribution is -2.39. The number of nitrogens with one attached hydrogen (secondary N) is 3. The van der Waals surface area contributed by atoms with E-state index >= 15 is 0 Å². The maximum Gasteiger partial charge on any atom is 0.305 e. The second-order valence-electron chi connectivity index (χ2n) is 7.65. The first-order chi connectivity index (χ1) is 15.9. The Morgan fingerprint density at radius 3 is 2.76 bits per heavy atom. The van der Waals surface area contributed by atoms with E-state index in [2.05, 4.69) is 25.9 Å². The number of carbonyl (C=O) groups is 3. The molecule has 10 heteroatoms. The molecular weight excluding hydrogens is 446 g/mol. The quantitative estimate of drug-likeness (QED) is 0.467. The van der Waals surface area contributed by atoms with Crippen LogP contribution in [0.2, 0.25) is 5.02 Å². The van der Waals surface area contributed by atoms with Gasteiger partial charge in [-0.1, -0.05) is 24.1 Å². The van der Waals surface area contributed by atoms with Crippen LogP contribution in [0.5, 0.6) is 0 Å². The molecule has 1 aromatic heterocycles. The molecule has 2 aromatic rings. The molecule has 1 atom stereocenters. The number of hydrogen-bond donors (Lipinski definition) is 4. The minimum Gasteiger partial charge on any atom is -0.481 e. The molecular formula is C23H26ClN5O4. The summed E-state index contributed by atoms with van der Waals surface area (Å²) in [4.78, 5) is 44.6. The van der Waals surface area contributed by atoms with Crippen LogP contribution in [-0.2, 0) is 9.59 Å². The van der Waals surface area contributed by atoms with Gasteiger partial charge in [0.25, 0.3) is 5.91 Å². The van der Waals surface area contributed by atoms with Crippen LogP contribution in [0.25, 0.3) is 0 Å². The summed E-state index contributed by atoms with van der Waals surface area (Å²) >= 11 is 6.28. The summed E-state index contributed by atoms with van der Waals surface area (Å²) in [6.07, 6.45) is 6.79. The van der Waals surface area contributed by atoms with Gasteiger partial charge >= 0.3 is 5.97 Å². The van der Waals surface area contributed by atoms with Crippen LogP contribution < -0.4 is 16.0 Å². The fourth-order valence-electron chi connectivity index (χ4n) is 3.41. The number of anilines is 1. The third kappa shape index (κ3) is 7.57. The number of hydrogen-bond acceptors (Lipinski definition) is 6. The Hall–Kier alpha value is -3.46. The zero-order chi connectivity index (χ0) is 23.6. The molecule has 0 radical (unpaired) electrons. The summed E-state index contributed by atoms with van der Waals surface area (Å²) in [5, 5.41) is 18.0. The molecule has 1 unspecified atom stereocenters. The molecule has 4 N–H and O–H groups in total. The van der Waals surface area contributed by atoms with Crippen molar-refractivity contribution in [2.75, 3.05) is 18.4 Å². The number of pyridine rings is 1. The molecule has 0 spiro atoms. The number of carboxylic acid groups (broad SMARTS) is 1. The normalized spacial score (nSPS) is 14.4. The highest BCUT2D eigenvalue weighted by Gasteiger charge is 2.19. The van der Waals surface area contributed by atoms with Crippen molar-refractivity contribution in [3.63, 3.8) is 0 Å². The highest BCUT2D eigenvalue weighted by Crippen LogP contribution is 2.24. The van der Waals surface area contributed by atoms with Gasteiger partial charge in [-0.25, -0.2) is 0 Å². The smallest absolute Gasteiger partial charge is 0.305 e. The Morgan fingerprint density at radius 2 is 2.00 bits per heavy atom. The van der Waals surface area contributed by atoms with Gasteiger partial charge in [-0.2, -0.15) is 0 Å². The summed E-state index contributed by atoms with van der Waals surface area (Å²) in [6.45, 7) is 0.449. The Balaban J connectivity index is 1.59. The molecule has 0 fully saturated rings. The average Bonchev–Trinajstić information content (AvgIpc) is 3.07. The molecule has 1 aromatic carbocycles. The molecule has 3 rings (SSSR count). The lowest BCUT2D eigenvalue weighted by molar-refractivity contribution is -0.137. The summed E-state index contributed by atoms with van der Waals surface area (Å²) in [5.74, 6) is -1.19. The van der Waals surface area contributed by atoms with Crippen molar-refractivity contribution >= 4 is 40.9 Å². The van der Waals surface area contributed by atoms with Crippen molar-refractivity contribution in [1.82, 2.24) is 15.6 Å². The van der Waals surface area contributed by atoms with Gasteiger partial charge in [-0.3, -0.25) is 24.4 Å². The maximum atomic E-state index is 12.6. The number of aliphatic imine (C=N–C) groups is 1. The second kappa shape index (κ2) is 12.0. The molecule has 174 valence electrons. The van der Waals surface area contributed by atoms with Crippen LogP contribution >= 0.6 is 11.6 Å².